The van der Waals surface area contributed by atoms with Gasteiger partial charge in [0.05, 0.1) is 7.11 Å². The number of amidine groups is 1. The molecular weight excluding hydrogens is 269 g/mol. The predicted octanol–water partition coefficient (Wildman–Crippen LogP) is 2.75. The lowest BCUT2D eigenvalue weighted by Gasteiger charge is -2.20. The number of hydrogen-bond donors (Lipinski definition) is 2. The van der Waals surface area contributed by atoms with Gasteiger partial charge in [-0.05, 0) is 48.0 Å². The molecule has 3 N–H and O–H groups in total. The number of nitrogens with two attached hydrogens (primary N) is 1. The summed E-state index contributed by atoms with van der Waals surface area (Å²) in [5.74, 6) is 0.264. The number of benzene rings is 2. The average molecular weight is 287 g/mol. The third-order valence-electron chi connectivity index (χ3n) is 3.20. The molecule has 0 saturated carbocycles. The molecule has 110 valence electrons. The molecule has 0 unspecified atom stereocenters. The number of nitrogens with one attached hydrogen (secondary N) is 1. The van der Waals surface area contributed by atoms with Crippen molar-refractivity contribution in [2.75, 3.05) is 19.1 Å². The van der Waals surface area contributed by atoms with Gasteiger partial charge in [0.2, 0.25) is 0 Å². The number of halogens is 1. The molecule has 0 fully saturated rings. The average Bonchev–Trinajstić information content (AvgIpc) is 2.46. The zero-order valence-electron chi connectivity index (χ0n) is 12.1. The van der Waals surface area contributed by atoms with Gasteiger partial charge in [0.1, 0.15) is 17.4 Å². The predicted molar refractivity (Wildman–Crippen MR) is 82.5 cm³/mol. The monoisotopic (exact) mass is 287 g/mol. The van der Waals surface area contributed by atoms with Crippen molar-refractivity contribution in [3.8, 4) is 5.75 Å². The van der Waals surface area contributed by atoms with Crippen molar-refractivity contribution in [2.24, 2.45) is 5.73 Å². The summed E-state index contributed by atoms with van der Waals surface area (Å²) in [7, 11) is 3.54. The van der Waals surface area contributed by atoms with Crippen LogP contribution < -0.4 is 15.4 Å². The molecule has 4 nitrogen and oxygen atoms in total. The first-order valence-electron chi connectivity index (χ1n) is 6.48. The Bertz CT molecular complexity index is 640. The van der Waals surface area contributed by atoms with E-state index in [-0.39, 0.29) is 11.7 Å². The molecule has 2 aromatic carbocycles. The van der Waals surface area contributed by atoms with Crippen LogP contribution in [-0.4, -0.2) is 20.0 Å². The summed E-state index contributed by atoms with van der Waals surface area (Å²) in [4.78, 5) is 1.98. The molecule has 2 aromatic rings. The molecule has 0 aliphatic carbocycles. The third kappa shape index (κ3) is 3.72. The van der Waals surface area contributed by atoms with E-state index in [2.05, 4.69) is 0 Å². The Hall–Kier alpha value is -2.56. The van der Waals surface area contributed by atoms with E-state index in [4.69, 9.17) is 15.9 Å². The molecule has 0 aromatic heterocycles. The van der Waals surface area contributed by atoms with Gasteiger partial charge in [-0.1, -0.05) is 0 Å². The van der Waals surface area contributed by atoms with Crippen LogP contribution in [0.3, 0.4) is 0 Å². The maximum absolute atomic E-state index is 13.6. The summed E-state index contributed by atoms with van der Waals surface area (Å²) in [6.45, 7) is 0.518. The summed E-state index contributed by atoms with van der Waals surface area (Å²) >= 11 is 0. The Balaban J connectivity index is 2.18. The molecule has 0 aliphatic rings. The number of anilines is 1. The van der Waals surface area contributed by atoms with E-state index in [1.807, 2.05) is 36.2 Å². The largest absolute Gasteiger partial charge is 0.497 e. The van der Waals surface area contributed by atoms with Gasteiger partial charge >= 0.3 is 0 Å². The first-order valence-corrected chi connectivity index (χ1v) is 6.48. The van der Waals surface area contributed by atoms with E-state index in [1.54, 1.807) is 13.2 Å². The Morgan fingerprint density at radius 2 is 1.90 bits per heavy atom. The van der Waals surface area contributed by atoms with Gasteiger partial charge in [0, 0.05) is 24.8 Å². The lowest BCUT2D eigenvalue weighted by molar-refractivity contribution is 0.415. The maximum atomic E-state index is 13.6. The summed E-state index contributed by atoms with van der Waals surface area (Å²) < 4.78 is 18.7. The van der Waals surface area contributed by atoms with Crippen LogP contribution in [0.4, 0.5) is 10.1 Å². The zero-order chi connectivity index (χ0) is 15.4. The second-order valence-electron chi connectivity index (χ2n) is 4.82. The van der Waals surface area contributed by atoms with Crippen molar-refractivity contribution in [1.82, 2.24) is 0 Å². The fraction of sp³-hybridized carbons (Fsp3) is 0.188. The number of ether oxygens (including phenoxy) is 1. The highest BCUT2D eigenvalue weighted by atomic mass is 19.1. The van der Waals surface area contributed by atoms with Gasteiger partial charge in [-0.2, -0.15) is 0 Å². The smallest absolute Gasteiger partial charge is 0.124 e. The number of hydrogen-bond acceptors (Lipinski definition) is 3. The molecule has 21 heavy (non-hydrogen) atoms. The van der Waals surface area contributed by atoms with Gasteiger partial charge in [0.25, 0.3) is 0 Å². The lowest BCUT2D eigenvalue weighted by atomic mass is 10.1. The zero-order valence-corrected chi connectivity index (χ0v) is 12.1. The Morgan fingerprint density at radius 1 is 1.24 bits per heavy atom. The van der Waals surface area contributed by atoms with Gasteiger partial charge in [-0.15, -0.1) is 0 Å². The van der Waals surface area contributed by atoms with Crippen LogP contribution in [0, 0.1) is 11.2 Å². The van der Waals surface area contributed by atoms with Crippen LogP contribution in [0.15, 0.2) is 42.5 Å². The molecule has 0 aliphatic heterocycles. The summed E-state index contributed by atoms with van der Waals surface area (Å²) in [6, 6.07) is 12.1. The van der Waals surface area contributed by atoms with Crippen LogP contribution in [0.2, 0.25) is 0 Å². The van der Waals surface area contributed by atoms with E-state index in [9.17, 15) is 4.39 Å². The molecule has 0 spiro atoms. The minimum absolute atomic E-state index is 0.136. The van der Waals surface area contributed by atoms with Crippen LogP contribution in [0.5, 0.6) is 5.75 Å². The lowest BCUT2D eigenvalue weighted by Crippen LogP contribution is -2.18. The standard InChI is InChI=1S/C16H18FN3O/c1-20(14-3-5-15(21-2)6-4-14)10-11-7-12(16(18)19)9-13(17)8-11/h3-9H,10H2,1-2H3,(H3,18,19). The third-order valence-corrected chi connectivity index (χ3v) is 3.20. The van der Waals surface area contributed by atoms with Crippen molar-refractivity contribution in [3.05, 3.63) is 59.4 Å². The Labute approximate surface area is 123 Å². The fourth-order valence-corrected chi connectivity index (χ4v) is 2.10. The van der Waals surface area contributed by atoms with Crippen molar-refractivity contribution < 1.29 is 9.13 Å². The van der Waals surface area contributed by atoms with Gasteiger partial charge < -0.3 is 15.4 Å². The molecule has 5 heteroatoms. The summed E-state index contributed by atoms with van der Waals surface area (Å²) in [6.07, 6.45) is 0. The first-order chi connectivity index (χ1) is 9.99. The SMILES string of the molecule is COc1ccc(N(C)Cc2cc(F)cc(C(=N)N)c2)cc1. The number of nitrogen functional groups attached to an aromatic ring is 1. The topological polar surface area (TPSA) is 62.3 Å². The normalized spacial score (nSPS) is 10.2. The van der Waals surface area contributed by atoms with Gasteiger partial charge in [-0.25, -0.2) is 4.39 Å². The highest BCUT2D eigenvalue weighted by Gasteiger charge is 2.07. The van der Waals surface area contributed by atoms with Gasteiger partial charge in [0.15, 0.2) is 0 Å². The second-order valence-corrected chi connectivity index (χ2v) is 4.82. The number of methoxy groups -OCH3 is 1. The number of rotatable bonds is 5. The molecular formula is C16H18FN3O. The summed E-state index contributed by atoms with van der Waals surface area (Å²) in [5, 5.41) is 7.40. The number of nitrogens with zero attached hydrogens (tertiary/aromatic N) is 1. The van der Waals surface area contributed by atoms with Gasteiger partial charge in [-0.3, -0.25) is 5.41 Å². The second kappa shape index (κ2) is 6.26. The van der Waals surface area contributed by atoms with Crippen LogP contribution in [-0.2, 0) is 6.54 Å². The Kier molecular flexibility index (Phi) is 4.42. The molecule has 0 amide bonds. The minimum Gasteiger partial charge on any atom is -0.497 e. The molecule has 0 saturated heterocycles. The fourth-order valence-electron chi connectivity index (χ4n) is 2.10. The Morgan fingerprint density at radius 3 is 2.48 bits per heavy atom. The van der Waals surface area contributed by atoms with Crippen molar-refractivity contribution in [1.29, 1.82) is 5.41 Å². The van der Waals surface area contributed by atoms with E-state index in [0.29, 0.717) is 12.1 Å². The van der Waals surface area contributed by atoms with Crippen molar-refractivity contribution >= 4 is 11.5 Å². The minimum atomic E-state index is -0.388. The van der Waals surface area contributed by atoms with E-state index >= 15 is 0 Å². The van der Waals surface area contributed by atoms with Crippen LogP contribution in [0.1, 0.15) is 11.1 Å². The highest BCUT2D eigenvalue weighted by molar-refractivity contribution is 5.95. The molecule has 0 atom stereocenters. The summed E-state index contributed by atoms with van der Waals surface area (Å²) in [5.41, 5.74) is 7.56. The van der Waals surface area contributed by atoms with E-state index in [0.717, 1.165) is 17.0 Å². The van der Waals surface area contributed by atoms with E-state index < -0.39 is 0 Å². The molecule has 0 bridgehead atoms. The first kappa shape index (κ1) is 14.8. The van der Waals surface area contributed by atoms with Crippen molar-refractivity contribution in [3.63, 3.8) is 0 Å². The van der Waals surface area contributed by atoms with Crippen LogP contribution >= 0.6 is 0 Å². The van der Waals surface area contributed by atoms with E-state index in [1.165, 1.54) is 12.1 Å². The van der Waals surface area contributed by atoms with Crippen LogP contribution in [0.25, 0.3) is 0 Å². The molecule has 0 radical (unpaired) electrons. The molecule has 2 rings (SSSR count). The molecule has 0 heterocycles. The highest BCUT2D eigenvalue weighted by Crippen LogP contribution is 2.20. The quantitative estimate of drug-likeness (QED) is 0.656. The van der Waals surface area contributed by atoms with Crippen molar-refractivity contribution in [2.45, 2.75) is 6.54 Å². The maximum Gasteiger partial charge on any atom is 0.124 e.